The highest BCUT2D eigenvalue weighted by atomic mass is 32.1. The lowest BCUT2D eigenvalue weighted by atomic mass is 10.0. The number of aromatic nitrogens is 1. The number of nitrogens with zero attached hydrogens (tertiary/aromatic N) is 3. The van der Waals surface area contributed by atoms with Crippen molar-refractivity contribution in [3.05, 3.63) is 35.2 Å². The van der Waals surface area contributed by atoms with E-state index in [1.165, 1.54) is 6.42 Å². The van der Waals surface area contributed by atoms with Crippen LogP contribution in [-0.2, 0) is 4.74 Å². The number of morpholine rings is 1. The van der Waals surface area contributed by atoms with Gasteiger partial charge in [0.25, 0.3) is 0 Å². The fourth-order valence-electron chi connectivity index (χ4n) is 3.81. The molecule has 0 unspecified atom stereocenters. The normalized spacial score (nSPS) is 21.2. The van der Waals surface area contributed by atoms with E-state index in [0.717, 1.165) is 69.2 Å². The van der Waals surface area contributed by atoms with Crippen molar-refractivity contribution < 1.29 is 9.53 Å². The van der Waals surface area contributed by atoms with Gasteiger partial charge in [-0.2, -0.15) is 0 Å². The summed E-state index contributed by atoms with van der Waals surface area (Å²) >= 11 is 1.58. The first-order valence-electron chi connectivity index (χ1n) is 9.66. The predicted molar refractivity (Wildman–Crippen MR) is 108 cm³/mol. The molecule has 0 aliphatic carbocycles. The highest BCUT2D eigenvalue weighted by molar-refractivity contribution is 7.07. The quantitative estimate of drug-likeness (QED) is 0.873. The molecule has 144 valence electrons. The van der Waals surface area contributed by atoms with Gasteiger partial charge in [0.05, 0.1) is 24.4 Å². The molecule has 27 heavy (non-hydrogen) atoms. The molecule has 1 N–H and O–H groups in total. The largest absolute Gasteiger partial charge is 0.379 e. The van der Waals surface area contributed by atoms with Crippen LogP contribution in [-0.4, -0.2) is 66.2 Å². The molecule has 1 aromatic carbocycles. The SMILES string of the molecule is O=C(Nc1ccc(-c2cscn2)cc1)N1CCCC[C@H]1CN1CCOCC1. The molecule has 1 atom stereocenters. The highest BCUT2D eigenvalue weighted by Crippen LogP contribution is 2.23. The number of carbonyl (C=O) groups is 1. The van der Waals surface area contributed by atoms with Gasteiger partial charge in [0, 0.05) is 48.9 Å². The van der Waals surface area contributed by atoms with Crippen molar-refractivity contribution >= 4 is 23.1 Å². The Morgan fingerprint density at radius 3 is 2.74 bits per heavy atom. The Kier molecular flexibility index (Phi) is 6.01. The van der Waals surface area contributed by atoms with Gasteiger partial charge >= 0.3 is 6.03 Å². The standard InChI is InChI=1S/C20H26N4O2S/c25-20(22-17-6-4-16(5-7-17)19-14-27-15-21-19)24-8-2-1-3-18(24)13-23-9-11-26-12-10-23/h4-7,14-15,18H,1-3,8-13H2,(H,22,25)/t18-/m0/s1. The van der Waals surface area contributed by atoms with Crippen molar-refractivity contribution in [2.45, 2.75) is 25.3 Å². The zero-order chi connectivity index (χ0) is 18.5. The van der Waals surface area contributed by atoms with Crippen LogP contribution in [0, 0.1) is 0 Å². The van der Waals surface area contributed by atoms with Gasteiger partial charge in [-0.05, 0) is 31.4 Å². The smallest absolute Gasteiger partial charge is 0.322 e. The molecule has 2 aromatic rings. The average Bonchev–Trinajstić information content (AvgIpc) is 3.25. The van der Waals surface area contributed by atoms with Crippen LogP contribution in [0.3, 0.4) is 0 Å². The molecule has 2 fully saturated rings. The summed E-state index contributed by atoms with van der Waals surface area (Å²) < 4.78 is 5.44. The van der Waals surface area contributed by atoms with E-state index in [4.69, 9.17) is 4.74 Å². The molecule has 0 radical (unpaired) electrons. The third-order valence-corrected chi connectivity index (χ3v) is 5.91. The summed E-state index contributed by atoms with van der Waals surface area (Å²) in [6.07, 6.45) is 3.35. The van der Waals surface area contributed by atoms with E-state index >= 15 is 0 Å². The van der Waals surface area contributed by atoms with E-state index in [1.807, 2.05) is 40.1 Å². The summed E-state index contributed by atoms with van der Waals surface area (Å²) in [6, 6.07) is 8.21. The number of carbonyl (C=O) groups excluding carboxylic acids is 1. The van der Waals surface area contributed by atoms with Crippen LogP contribution in [0.15, 0.2) is 35.2 Å². The average molecular weight is 387 g/mol. The minimum absolute atomic E-state index is 0.00867. The molecule has 2 saturated heterocycles. The monoisotopic (exact) mass is 386 g/mol. The van der Waals surface area contributed by atoms with E-state index in [2.05, 4.69) is 15.2 Å². The predicted octanol–water partition coefficient (Wildman–Crippen LogP) is 3.53. The maximum absolute atomic E-state index is 12.9. The Labute approximate surface area is 164 Å². The second-order valence-corrected chi connectivity index (χ2v) is 7.86. The summed E-state index contributed by atoms with van der Waals surface area (Å²) in [5.41, 5.74) is 4.70. The number of benzene rings is 1. The highest BCUT2D eigenvalue weighted by Gasteiger charge is 2.28. The van der Waals surface area contributed by atoms with Crippen molar-refractivity contribution in [1.82, 2.24) is 14.8 Å². The third kappa shape index (κ3) is 4.66. The molecule has 2 aliphatic rings. The van der Waals surface area contributed by atoms with E-state index < -0.39 is 0 Å². The molecular formula is C20H26N4O2S. The zero-order valence-electron chi connectivity index (χ0n) is 15.5. The van der Waals surface area contributed by atoms with E-state index in [9.17, 15) is 4.79 Å². The summed E-state index contributed by atoms with van der Waals surface area (Å²) in [4.78, 5) is 21.7. The lowest BCUT2D eigenvalue weighted by Crippen LogP contribution is -2.52. The number of amides is 2. The van der Waals surface area contributed by atoms with Crippen LogP contribution >= 0.6 is 11.3 Å². The Balaban J connectivity index is 1.38. The van der Waals surface area contributed by atoms with Crippen LogP contribution in [0.5, 0.6) is 0 Å². The molecule has 6 nitrogen and oxygen atoms in total. The van der Waals surface area contributed by atoms with Crippen molar-refractivity contribution in [3.8, 4) is 11.3 Å². The Morgan fingerprint density at radius 2 is 2.00 bits per heavy atom. The van der Waals surface area contributed by atoms with Crippen LogP contribution < -0.4 is 5.32 Å². The Hall–Kier alpha value is -1.96. The molecule has 1 aromatic heterocycles. The molecular weight excluding hydrogens is 360 g/mol. The van der Waals surface area contributed by atoms with Gasteiger partial charge in [0.1, 0.15) is 0 Å². The molecule has 0 spiro atoms. The van der Waals surface area contributed by atoms with E-state index in [1.54, 1.807) is 11.3 Å². The van der Waals surface area contributed by atoms with E-state index in [0.29, 0.717) is 0 Å². The van der Waals surface area contributed by atoms with Gasteiger partial charge in [0.15, 0.2) is 0 Å². The summed E-state index contributed by atoms with van der Waals surface area (Å²) in [7, 11) is 0. The van der Waals surface area contributed by atoms with Crippen molar-refractivity contribution in [2.24, 2.45) is 0 Å². The number of thiazole rings is 1. The van der Waals surface area contributed by atoms with Crippen molar-refractivity contribution in [2.75, 3.05) is 44.7 Å². The molecule has 3 heterocycles. The number of piperidine rings is 1. The number of ether oxygens (including phenoxy) is 1. The topological polar surface area (TPSA) is 57.7 Å². The summed E-state index contributed by atoms with van der Waals surface area (Å²) in [5.74, 6) is 0. The second-order valence-electron chi connectivity index (χ2n) is 7.14. The van der Waals surface area contributed by atoms with Gasteiger partial charge in [0.2, 0.25) is 0 Å². The fraction of sp³-hybridized carbons (Fsp3) is 0.500. The van der Waals surface area contributed by atoms with Gasteiger partial charge in [-0.3, -0.25) is 4.90 Å². The second kappa shape index (κ2) is 8.82. The summed E-state index contributed by atoms with van der Waals surface area (Å²) in [6.45, 7) is 5.29. The number of anilines is 1. The fourth-order valence-corrected chi connectivity index (χ4v) is 4.38. The van der Waals surface area contributed by atoms with Gasteiger partial charge in [-0.1, -0.05) is 12.1 Å². The molecule has 7 heteroatoms. The van der Waals surface area contributed by atoms with Crippen LogP contribution in [0.2, 0.25) is 0 Å². The van der Waals surface area contributed by atoms with Gasteiger partial charge < -0.3 is 15.0 Å². The van der Waals surface area contributed by atoms with Gasteiger partial charge in [-0.15, -0.1) is 11.3 Å². The first kappa shape index (κ1) is 18.4. The first-order valence-corrected chi connectivity index (χ1v) is 10.6. The minimum Gasteiger partial charge on any atom is -0.379 e. The lowest BCUT2D eigenvalue weighted by Gasteiger charge is -2.39. The van der Waals surface area contributed by atoms with Crippen LogP contribution in [0.1, 0.15) is 19.3 Å². The first-order chi connectivity index (χ1) is 13.3. The summed E-state index contributed by atoms with van der Waals surface area (Å²) in [5, 5.41) is 5.10. The Morgan fingerprint density at radius 1 is 1.19 bits per heavy atom. The molecule has 4 rings (SSSR count). The number of likely N-dealkylation sites (tertiary alicyclic amines) is 1. The van der Waals surface area contributed by atoms with E-state index in [-0.39, 0.29) is 12.1 Å². The number of rotatable bonds is 4. The Bertz CT molecular complexity index is 729. The van der Waals surface area contributed by atoms with Crippen LogP contribution in [0.4, 0.5) is 10.5 Å². The maximum Gasteiger partial charge on any atom is 0.322 e. The number of urea groups is 1. The van der Waals surface area contributed by atoms with Crippen molar-refractivity contribution in [3.63, 3.8) is 0 Å². The number of hydrogen-bond acceptors (Lipinski definition) is 5. The lowest BCUT2D eigenvalue weighted by molar-refractivity contribution is 0.0229. The number of hydrogen-bond donors (Lipinski definition) is 1. The van der Waals surface area contributed by atoms with Crippen molar-refractivity contribution in [1.29, 1.82) is 0 Å². The van der Waals surface area contributed by atoms with Crippen LogP contribution in [0.25, 0.3) is 11.3 Å². The van der Waals surface area contributed by atoms with Gasteiger partial charge in [-0.25, -0.2) is 9.78 Å². The molecule has 2 amide bonds. The minimum atomic E-state index is 0.00867. The maximum atomic E-state index is 12.9. The molecule has 0 saturated carbocycles. The third-order valence-electron chi connectivity index (χ3n) is 5.32. The molecule has 2 aliphatic heterocycles. The molecule has 0 bridgehead atoms. The number of nitrogens with one attached hydrogen (secondary N) is 1. The zero-order valence-corrected chi connectivity index (χ0v) is 16.3.